The highest BCUT2D eigenvalue weighted by Crippen LogP contribution is 2.22. The van der Waals surface area contributed by atoms with Gasteiger partial charge >= 0.3 is 0 Å². The number of rotatable bonds is 4. The van der Waals surface area contributed by atoms with Gasteiger partial charge in [-0.3, -0.25) is 0 Å². The van der Waals surface area contributed by atoms with Crippen molar-refractivity contribution in [3.05, 3.63) is 72.7 Å². The van der Waals surface area contributed by atoms with E-state index >= 15 is 0 Å². The molecule has 0 amide bonds. The molecule has 0 bridgehead atoms. The van der Waals surface area contributed by atoms with Crippen molar-refractivity contribution in [3.63, 3.8) is 0 Å². The molecule has 0 radical (unpaired) electrons. The molecule has 0 atom stereocenters. The molecule has 3 aromatic heterocycles. The van der Waals surface area contributed by atoms with Crippen molar-refractivity contribution >= 4 is 32.1 Å². The maximum absolute atomic E-state index is 11.6. The van der Waals surface area contributed by atoms with E-state index in [9.17, 15) is 8.42 Å². The second kappa shape index (κ2) is 8.38. The van der Waals surface area contributed by atoms with E-state index in [0.29, 0.717) is 28.8 Å². The Labute approximate surface area is 179 Å². The van der Waals surface area contributed by atoms with Crippen LogP contribution in [-0.2, 0) is 9.84 Å². The van der Waals surface area contributed by atoms with Crippen LogP contribution >= 0.6 is 0 Å². The first-order chi connectivity index (χ1) is 14.9. The molecule has 1 aromatic carbocycles. The Morgan fingerprint density at radius 1 is 0.935 bits per heavy atom. The Morgan fingerprint density at radius 2 is 1.68 bits per heavy atom. The number of fused-ring (bicyclic) bond motifs is 1. The van der Waals surface area contributed by atoms with E-state index in [2.05, 4.69) is 37.1 Å². The molecule has 0 saturated heterocycles. The van der Waals surface area contributed by atoms with Gasteiger partial charge in [0.1, 0.15) is 11.5 Å². The third-order valence-electron chi connectivity index (χ3n) is 4.36. The predicted molar refractivity (Wildman–Crippen MR) is 117 cm³/mol. The smallest absolute Gasteiger partial charge is 0.205 e. The minimum absolute atomic E-state index is 0.257. The summed E-state index contributed by atoms with van der Waals surface area (Å²) in [5, 5.41) is 4.86. The fraction of sp³-hybridized carbons (Fsp3) is 0.0909. The number of methoxy groups -OCH3 is 1. The van der Waals surface area contributed by atoms with Crippen molar-refractivity contribution in [1.82, 2.24) is 19.9 Å². The summed E-state index contributed by atoms with van der Waals surface area (Å²) in [5.74, 6) is 7.41. The van der Waals surface area contributed by atoms with Crippen LogP contribution < -0.4 is 10.1 Å². The molecule has 4 rings (SSSR count). The fourth-order valence-electron chi connectivity index (χ4n) is 2.77. The Morgan fingerprint density at radius 3 is 2.35 bits per heavy atom. The van der Waals surface area contributed by atoms with Crippen molar-refractivity contribution in [2.24, 2.45) is 0 Å². The number of aromatic nitrogens is 4. The zero-order valence-corrected chi connectivity index (χ0v) is 17.5. The van der Waals surface area contributed by atoms with Crippen LogP contribution in [0.4, 0.5) is 11.5 Å². The van der Waals surface area contributed by atoms with Gasteiger partial charge in [0, 0.05) is 35.1 Å². The van der Waals surface area contributed by atoms with Crippen LogP contribution in [0.3, 0.4) is 0 Å². The SMILES string of the molecule is COc1cnc(C#Cc2nccc3cnc(Nc4ccc(S(C)(=O)=O)cc4)cc23)nc1. The molecule has 0 saturated carbocycles. The highest BCUT2D eigenvalue weighted by molar-refractivity contribution is 7.90. The van der Waals surface area contributed by atoms with Gasteiger partial charge in [0.05, 0.1) is 24.4 Å². The standard InChI is InChI=1S/C22H17N5O3S/c1-30-17-13-25-21(26-14-17)8-7-20-19-11-22(24-12-15(19)9-10-23-20)27-16-3-5-18(6-4-16)31(2,28)29/h3-6,9-14H,1-2H3,(H,24,27). The van der Waals surface area contributed by atoms with E-state index in [1.807, 2.05) is 12.1 Å². The second-order valence-electron chi connectivity index (χ2n) is 6.57. The van der Waals surface area contributed by atoms with Gasteiger partial charge in [-0.1, -0.05) is 0 Å². The Bertz CT molecular complexity index is 1410. The highest BCUT2D eigenvalue weighted by atomic mass is 32.2. The Balaban J connectivity index is 1.63. The van der Waals surface area contributed by atoms with Crippen LogP contribution in [0, 0.1) is 11.8 Å². The van der Waals surface area contributed by atoms with Crippen LogP contribution in [-0.4, -0.2) is 41.7 Å². The highest BCUT2D eigenvalue weighted by Gasteiger charge is 2.07. The lowest BCUT2D eigenvalue weighted by Gasteiger charge is -2.08. The lowest BCUT2D eigenvalue weighted by molar-refractivity contribution is 0.410. The second-order valence-corrected chi connectivity index (χ2v) is 8.58. The van der Waals surface area contributed by atoms with Crippen LogP contribution in [0.15, 0.2) is 66.1 Å². The molecule has 1 N–H and O–H groups in total. The minimum Gasteiger partial charge on any atom is -0.494 e. The summed E-state index contributed by atoms with van der Waals surface area (Å²) in [4.78, 5) is 17.3. The number of sulfone groups is 1. The van der Waals surface area contributed by atoms with Gasteiger partial charge in [0.15, 0.2) is 15.6 Å². The number of ether oxygens (including phenoxy) is 1. The van der Waals surface area contributed by atoms with E-state index in [1.54, 1.807) is 56.2 Å². The number of nitrogens with one attached hydrogen (secondary N) is 1. The van der Waals surface area contributed by atoms with E-state index in [4.69, 9.17) is 4.74 Å². The number of nitrogens with zero attached hydrogens (tertiary/aromatic N) is 4. The normalized spacial score (nSPS) is 10.9. The zero-order valence-electron chi connectivity index (χ0n) is 16.7. The van der Waals surface area contributed by atoms with Crippen molar-refractivity contribution in [2.45, 2.75) is 4.90 Å². The summed E-state index contributed by atoms with van der Waals surface area (Å²) < 4.78 is 28.3. The molecule has 0 aliphatic heterocycles. The van der Waals surface area contributed by atoms with Gasteiger partial charge in [-0.15, -0.1) is 0 Å². The molecular weight excluding hydrogens is 414 g/mol. The Hall–Kier alpha value is -4.03. The molecule has 0 fully saturated rings. The molecule has 0 aliphatic carbocycles. The van der Waals surface area contributed by atoms with Gasteiger partial charge in [0.25, 0.3) is 0 Å². The molecule has 8 nitrogen and oxygen atoms in total. The number of benzene rings is 1. The Kier molecular flexibility index (Phi) is 5.47. The third-order valence-corrected chi connectivity index (χ3v) is 5.49. The molecule has 0 aliphatic rings. The summed E-state index contributed by atoms with van der Waals surface area (Å²) in [5.41, 5.74) is 1.28. The van der Waals surface area contributed by atoms with Crippen molar-refractivity contribution in [3.8, 4) is 17.6 Å². The van der Waals surface area contributed by atoms with Gasteiger partial charge < -0.3 is 10.1 Å². The van der Waals surface area contributed by atoms with Gasteiger partial charge in [0.2, 0.25) is 5.82 Å². The summed E-state index contributed by atoms with van der Waals surface area (Å²) >= 11 is 0. The summed E-state index contributed by atoms with van der Waals surface area (Å²) in [6, 6.07) is 10.2. The lowest BCUT2D eigenvalue weighted by Crippen LogP contribution is -1.98. The lowest BCUT2D eigenvalue weighted by atomic mass is 10.1. The first-order valence-corrected chi connectivity index (χ1v) is 11.0. The largest absolute Gasteiger partial charge is 0.494 e. The van der Waals surface area contributed by atoms with E-state index < -0.39 is 9.84 Å². The number of hydrogen-bond donors (Lipinski definition) is 1. The average molecular weight is 431 g/mol. The number of anilines is 2. The van der Waals surface area contributed by atoms with Crippen molar-refractivity contribution in [1.29, 1.82) is 0 Å². The molecule has 0 unspecified atom stereocenters. The maximum Gasteiger partial charge on any atom is 0.205 e. The van der Waals surface area contributed by atoms with Crippen LogP contribution in [0.5, 0.6) is 5.75 Å². The van der Waals surface area contributed by atoms with Crippen molar-refractivity contribution < 1.29 is 13.2 Å². The quantitative estimate of drug-likeness (QED) is 0.492. The predicted octanol–water partition coefficient (Wildman–Crippen LogP) is 2.98. The third kappa shape index (κ3) is 4.76. The van der Waals surface area contributed by atoms with Crippen LogP contribution in [0.1, 0.15) is 11.5 Å². The topological polar surface area (TPSA) is 107 Å². The number of pyridine rings is 2. The number of hydrogen-bond acceptors (Lipinski definition) is 8. The molecule has 31 heavy (non-hydrogen) atoms. The summed E-state index contributed by atoms with van der Waals surface area (Å²) in [6.45, 7) is 0. The van der Waals surface area contributed by atoms with Crippen LogP contribution in [0.2, 0.25) is 0 Å². The van der Waals surface area contributed by atoms with Gasteiger partial charge in [-0.2, -0.15) is 0 Å². The first kappa shape index (κ1) is 20.3. The molecular formula is C22H17N5O3S. The molecule has 9 heteroatoms. The molecule has 4 aromatic rings. The first-order valence-electron chi connectivity index (χ1n) is 9.12. The molecule has 0 spiro atoms. The molecule has 3 heterocycles. The van der Waals surface area contributed by atoms with Crippen LogP contribution in [0.25, 0.3) is 10.8 Å². The summed E-state index contributed by atoms with van der Waals surface area (Å²) in [6.07, 6.45) is 7.66. The monoisotopic (exact) mass is 431 g/mol. The van der Waals surface area contributed by atoms with Crippen molar-refractivity contribution in [2.75, 3.05) is 18.7 Å². The fourth-order valence-corrected chi connectivity index (χ4v) is 3.40. The minimum atomic E-state index is -3.24. The van der Waals surface area contributed by atoms with E-state index in [0.717, 1.165) is 10.8 Å². The average Bonchev–Trinajstić information content (AvgIpc) is 2.78. The molecule has 154 valence electrons. The maximum atomic E-state index is 11.6. The van der Waals surface area contributed by atoms with Gasteiger partial charge in [-0.25, -0.2) is 28.4 Å². The summed E-state index contributed by atoms with van der Waals surface area (Å²) in [7, 11) is -1.70. The van der Waals surface area contributed by atoms with E-state index in [1.165, 1.54) is 6.26 Å². The van der Waals surface area contributed by atoms with E-state index in [-0.39, 0.29) is 4.90 Å². The zero-order chi connectivity index (χ0) is 21.8. The van der Waals surface area contributed by atoms with Gasteiger partial charge in [-0.05, 0) is 48.2 Å².